The highest BCUT2D eigenvalue weighted by Crippen LogP contribution is 2.23. The van der Waals surface area contributed by atoms with Crippen molar-refractivity contribution in [3.8, 4) is 5.75 Å². The molecule has 0 saturated carbocycles. The highest BCUT2D eigenvalue weighted by molar-refractivity contribution is 5.89. The number of ether oxygens (including phenoxy) is 1. The number of carbonyl (C=O) groups is 1. The molecule has 0 amide bonds. The van der Waals surface area contributed by atoms with Crippen molar-refractivity contribution in [2.45, 2.75) is 6.92 Å². The van der Waals surface area contributed by atoms with Crippen molar-refractivity contribution in [3.05, 3.63) is 75.8 Å². The van der Waals surface area contributed by atoms with E-state index in [1.165, 1.54) is 31.4 Å². The second-order valence-electron chi connectivity index (χ2n) is 4.57. The lowest BCUT2D eigenvalue weighted by Gasteiger charge is -1.98. The molecule has 0 aromatic heterocycles. The molecule has 0 aliphatic carbocycles. The van der Waals surface area contributed by atoms with Gasteiger partial charge in [0.05, 0.1) is 17.6 Å². The molecule has 0 spiro atoms. The van der Waals surface area contributed by atoms with Crippen molar-refractivity contribution < 1.29 is 19.6 Å². The Morgan fingerprint density at radius 1 is 1.30 bits per heavy atom. The summed E-state index contributed by atoms with van der Waals surface area (Å²) in [6, 6.07) is 11.1. The summed E-state index contributed by atoms with van der Waals surface area (Å²) in [5.41, 5.74) is 1.98. The molecule has 0 aliphatic rings. The van der Waals surface area contributed by atoms with Gasteiger partial charge in [0, 0.05) is 17.7 Å². The second kappa shape index (κ2) is 8.33. The Morgan fingerprint density at radius 3 is 2.52 bits per heavy atom. The van der Waals surface area contributed by atoms with E-state index in [0.717, 1.165) is 5.56 Å². The fourth-order valence-corrected chi connectivity index (χ4v) is 1.71. The van der Waals surface area contributed by atoms with Gasteiger partial charge in [-0.2, -0.15) is 0 Å². The van der Waals surface area contributed by atoms with Crippen LogP contribution < -0.4 is 0 Å². The van der Waals surface area contributed by atoms with E-state index in [2.05, 4.69) is 11.3 Å². The molecule has 6 heteroatoms. The van der Waals surface area contributed by atoms with Crippen LogP contribution in [0, 0.1) is 17.0 Å². The smallest absolute Gasteiger partial charge is 0.337 e. The fourth-order valence-electron chi connectivity index (χ4n) is 1.71. The molecule has 2 aromatic rings. The first-order chi connectivity index (χ1) is 10.9. The predicted molar refractivity (Wildman–Crippen MR) is 87.4 cm³/mol. The van der Waals surface area contributed by atoms with E-state index in [4.69, 9.17) is 5.11 Å². The SMILES string of the molecule is C=Cc1cc([N+](=O)[O-])ccc1O.COC(=O)c1cccc(C)c1. The Kier molecular flexibility index (Phi) is 6.48. The first kappa shape index (κ1) is 17.9. The van der Waals surface area contributed by atoms with Gasteiger partial charge < -0.3 is 9.84 Å². The quantitative estimate of drug-likeness (QED) is 0.529. The topological polar surface area (TPSA) is 89.7 Å². The highest BCUT2D eigenvalue weighted by Gasteiger charge is 2.07. The summed E-state index contributed by atoms with van der Waals surface area (Å²) in [5.74, 6) is -0.288. The number of aromatic hydroxyl groups is 1. The third-order valence-corrected chi connectivity index (χ3v) is 2.88. The number of hydrogen-bond donors (Lipinski definition) is 1. The molecule has 2 aromatic carbocycles. The standard InChI is InChI=1S/C9H10O2.C8H7NO3/c1-7-4-3-5-8(6-7)9(10)11-2;1-2-6-5-7(9(11)12)3-4-8(6)10/h3-6H,1-2H3;2-5,10H,1H2. The minimum atomic E-state index is -0.521. The summed E-state index contributed by atoms with van der Waals surface area (Å²) in [6.45, 7) is 5.35. The number of phenols is 1. The van der Waals surface area contributed by atoms with Crippen LogP contribution in [0.3, 0.4) is 0 Å². The van der Waals surface area contributed by atoms with E-state index in [0.29, 0.717) is 11.1 Å². The average Bonchev–Trinajstić information content (AvgIpc) is 2.55. The monoisotopic (exact) mass is 315 g/mol. The van der Waals surface area contributed by atoms with Crippen LogP contribution in [0.5, 0.6) is 5.75 Å². The van der Waals surface area contributed by atoms with Crippen molar-refractivity contribution in [3.63, 3.8) is 0 Å². The third kappa shape index (κ3) is 5.28. The maximum absolute atomic E-state index is 10.9. The van der Waals surface area contributed by atoms with Crippen molar-refractivity contribution in [1.82, 2.24) is 0 Å². The molecule has 6 nitrogen and oxygen atoms in total. The second-order valence-corrected chi connectivity index (χ2v) is 4.57. The number of carbonyl (C=O) groups excluding carboxylic acids is 1. The molecule has 0 heterocycles. The van der Waals surface area contributed by atoms with Gasteiger partial charge in [-0.15, -0.1) is 0 Å². The number of benzene rings is 2. The zero-order valence-electron chi connectivity index (χ0n) is 12.9. The van der Waals surface area contributed by atoms with E-state index >= 15 is 0 Å². The van der Waals surface area contributed by atoms with Crippen molar-refractivity contribution in [2.75, 3.05) is 7.11 Å². The van der Waals surface area contributed by atoms with Gasteiger partial charge in [-0.05, 0) is 25.1 Å². The lowest BCUT2D eigenvalue weighted by atomic mass is 10.1. The van der Waals surface area contributed by atoms with Gasteiger partial charge in [0.1, 0.15) is 5.75 Å². The molecule has 23 heavy (non-hydrogen) atoms. The van der Waals surface area contributed by atoms with Crippen LogP contribution in [0.4, 0.5) is 5.69 Å². The lowest BCUT2D eigenvalue weighted by molar-refractivity contribution is -0.384. The number of rotatable bonds is 3. The molecule has 0 bridgehead atoms. The maximum atomic E-state index is 10.9. The van der Waals surface area contributed by atoms with Gasteiger partial charge in [0.25, 0.3) is 5.69 Å². The zero-order valence-corrected chi connectivity index (χ0v) is 12.9. The van der Waals surface area contributed by atoms with Gasteiger partial charge >= 0.3 is 5.97 Å². The minimum Gasteiger partial charge on any atom is -0.507 e. The summed E-state index contributed by atoms with van der Waals surface area (Å²) < 4.78 is 4.55. The van der Waals surface area contributed by atoms with E-state index < -0.39 is 4.92 Å². The number of nitro groups is 1. The summed E-state index contributed by atoms with van der Waals surface area (Å²) in [5, 5.41) is 19.4. The molecule has 1 N–H and O–H groups in total. The highest BCUT2D eigenvalue weighted by atomic mass is 16.6. The average molecular weight is 315 g/mol. The Balaban J connectivity index is 0.000000231. The number of methoxy groups -OCH3 is 1. The Bertz CT molecular complexity index is 725. The van der Waals surface area contributed by atoms with Crippen LogP contribution in [0.15, 0.2) is 49.0 Å². The molecular weight excluding hydrogens is 298 g/mol. The molecule has 0 unspecified atom stereocenters. The first-order valence-corrected chi connectivity index (χ1v) is 6.64. The van der Waals surface area contributed by atoms with Crippen LogP contribution in [0.1, 0.15) is 21.5 Å². The predicted octanol–water partition coefficient (Wildman–Crippen LogP) is 3.73. The third-order valence-electron chi connectivity index (χ3n) is 2.88. The van der Waals surface area contributed by atoms with Crippen molar-refractivity contribution in [2.24, 2.45) is 0 Å². The summed E-state index contributed by atoms with van der Waals surface area (Å²) in [6.07, 6.45) is 1.36. The minimum absolute atomic E-state index is 0.00407. The molecule has 0 saturated heterocycles. The molecule has 120 valence electrons. The Hall–Kier alpha value is -3.15. The van der Waals surface area contributed by atoms with Gasteiger partial charge in [-0.25, -0.2) is 4.79 Å². The number of nitrogens with zero attached hydrogens (tertiary/aromatic N) is 1. The van der Waals surface area contributed by atoms with Crippen LogP contribution in [0.2, 0.25) is 0 Å². The van der Waals surface area contributed by atoms with E-state index in [9.17, 15) is 14.9 Å². The number of hydrogen-bond acceptors (Lipinski definition) is 5. The number of nitro benzene ring substituents is 1. The molecule has 0 aliphatic heterocycles. The van der Waals surface area contributed by atoms with E-state index in [-0.39, 0.29) is 17.4 Å². The van der Waals surface area contributed by atoms with Crippen LogP contribution in [-0.4, -0.2) is 23.1 Å². The lowest BCUT2D eigenvalue weighted by Crippen LogP contribution is -2.00. The van der Waals surface area contributed by atoms with Crippen LogP contribution in [0.25, 0.3) is 6.08 Å². The van der Waals surface area contributed by atoms with Gasteiger partial charge in [-0.3, -0.25) is 10.1 Å². The fraction of sp³-hybridized carbons (Fsp3) is 0.118. The summed E-state index contributed by atoms with van der Waals surface area (Å²) in [4.78, 5) is 20.7. The summed E-state index contributed by atoms with van der Waals surface area (Å²) in [7, 11) is 1.38. The molecule has 0 fully saturated rings. The number of non-ortho nitro benzene ring substituents is 1. The zero-order chi connectivity index (χ0) is 17.4. The maximum Gasteiger partial charge on any atom is 0.337 e. The Morgan fingerprint density at radius 2 is 2.00 bits per heavy atom. The van der Waals surface area contributed by atoms with E-state index in [1.54, 1.807) is 12.1 Å². The van der Waals surface area contributed by atoms with Gasteiger partial charge in [-0.1, -0.05) is 30.4 Å². The molecule has 0 radical (unpaired) electrons. The number of aryl methyl sites for hydroxylation is 1. The summed E-state index contributed by atoms with van der Waals surface area (Å²) >= 11 is 0. The molecule has 2 rings (SSSR count). The van der Waals surface area contributed by atoms with Gasteiger partial charge in [0.15, 0.2) is 0 Å². The first-order valence-electron chi connectivity index (χ1n) is 6.64. The Labute approximate surface area is 133 Å². The largest absolute Gasteiger partial charge is 0.507 e. The van der Waals surface area contributed by atoms with Crippen molar-refractivity contribution in [1.29, 1.82) is 0 Å². The molecule has 0 atom stereocenters. The number of esters is 1. The normalized spacial score (nSPS) is 9.30. The number of phenolic OH excluding ortho intramolecular Hbond substituents is 1. The van der Waals surface area contributed by atoms with Crippen LogP contribution >= 0.6 is 0 Å². The van der Waals surface area contributed by atoms with Gasteiger partial charge in [0.2, 0.25) is 0 Å². The molecular formula is C17H17NO5. The van der Waals surface area contributed by atoms with Crippen LogP contribution in [-0.2, 0) is 4.74 Å². The van der Waals surface area contributed by atoms with E-state index in [1.807, 2.05) is 19.1 Å². The van der Waals surface area contributed by atoms with Crippen molar-refractivity contribution >= 4 is 17.7 Å².